The normalized spacial score (nSPS) is 20.0. The van der Waals surface area contributed by atoms with Gasteiger partial charge in [-0.15, -0.1) is 0 Å². The summed E-state index contributed by atoms with van der Waals surface area (Å²) in [6, 6.07) is 5.97. The molecule has 0 radical (unpaired) electrons. The molecule has 1 unspecified atom stereocenters. The van der Waals surface area contributed by atoms with Gasteiger partial charge in [0, 0.05) is 67.9 Å². The van der Waals surface area contributed by atoms with Gasteiger partial charge < -0.3 is 15.5 Å². The number of aryl methyl sites for hydroxylation is 1. The molecular weight excluding hydrogens is 377 g/mol. The summed E-state index contributed by atoms with van der Waals surface area (Å²) >= 11 is 1.69. The third kappa shape index (κ3) is 4.53. The van der Waals surface area contributed by atoms with E-state index in [-0.39, 0.29) is 12.2 Å². The maximum absolute atomic E-state index is 12.5. The smallest absolute Gasteiger partial charge is 0.151 e. The van der Waals surface area contributed by atoms with Crippen molar-refractivity contribution >= 4 is 28.3 Å². The first-order valence-electron chi connectivity index (χ1n) is 9.40. The van der Waals surface area contributed by atoms with Crippen LogP contribution in [0.5, 0.6) is 0 Å². The number of nitrogens with zero attached hydrogens (tertiary/aromatic N) is 5. The summed E-state index contributed by atoms with van der Waals surface area (Å²) in [5.41, 5.74) is 1.09. The average molecular weight is 402 g/mol. The van der Waals surface area contributed by atoms with Gasteiger partial charge in [-0.2, -0.15) is 0 Å². The minimum atomic E-state index is -0.290. The molecule has 2 aromatic heterocycles. The Labute approximate surface area is 168 Å². The number of hydrogen-bond acceptors (Lipinski definition) is 8. The Morgan fingerprint density at radius 2 is 2.14 bits per heavy atom. The zero-order valence-corrected chi connectivity index (χ0v) is 16.6. The van der Waals surface area contributed by atoms with Crippen LogP contribution in [-0.4, -0.2) is 64.7 Å². The first-order chi connectivity index (χ1) is 13.7. The third-order valence-corrected chi connectivity index (χ3v) is 5.85. The topological polar surface area (TPSA) is 69.2 Å². The van der Waals surface area contributed by atoms with Crippen molar-refractivity contribution < 1.29 is 4.39 Å². The summed E-state index contributed by atoms with van der Waals surface area (Å²) in [5, 5.41) is 6.77. The molecule has 1 fully saturated rings. The molecule has 1 atom stereocenters. The molecule has 2 N–H and O–H groups in total. The lowest BCUT2D eigenvalue weighted by Crippen LogP contribution is -2.47. The van der Waals surface area contributed by atoms with Gasteiger partial charge in [0.2, 0.25) is 0 Å². The maximum Gasteiger partial charge on any atom is 0.151 e. The highest BCUT2D eigenvalue weighted by atomic mass is 32.2. The van der Waals surface area contributed by atoms with Crippen LogP contribution in [0.3, 0.4) is 0 Å². The van der Waals surface area contributed by atoms with Gasteiger partial charge in [-0.3, -0.25) is 9.88 Å². The molecular formula is C19H24FN7S. The number of hydrogen-bond donors (Lipinski definition) is 2. The van der Waals surface area contributed by atoms with Gasteiger partial charge in [0.1, 0.15) is 24.1 Å². The van der Waals surface area contributed by atoms with Gasteiger partial charge in [-0.05, 0) is 13.0 Å². The van der Waals surface area contributed by atoms with Crippen molar-refractivity contribution in [3.63, 3.8) is 0 Å². The Hall–Kier alpha value is -2.39. The quantitative estimate of drug-likeness (QED) is 0.764. The monoisotopic (exact) mass is 401 g/mol. The van der Waals surface area contributed by atoms with Crippen LogP contribution >= 0.6 is 11.8 Å². The molecule has 9 heteroatoms. The number of alkyl halides is 1. The van der Waals surface area contributed by atoms with E-state index in [4.69, 9.17) is 0 Å². The molecule has 0 saturated carbocycles. The number of rotatable bonds is 6. The van der Waals surface area contributed by atoms with Gasteiger partial charge in [-0.1, -0.05) is 17.8 Å². The molecule has 2 aliphatic rings. The molecule has 0 spiro atoms. The second-order valence-corrected chi connectivity index (χ2v) is 7.88. The molecule has 0 amide bonds. The molecule has 4 rings (SSSR count). The fourth-order valence-corrected chi connectivity index (χ4v) is 4.28. The minimum absolute atomic E-state index is 0.00115. The van der Waals surface area contributed by atoms with Crippen LogP contribution in [0.1, 0.15) is 11.4 Å². The van der Waals surface area contributed by atoms with E-state index in [1.54, 1.807) is 18.0 Å². The van der Waals surface area contributed by atoms with Crippen molar-refractivity contribution in [3.8, 4) is 0 Å². The highest BCUT2D eigenvalue weighted by Gasteiger charge is 2.21. The first-order valence-corrected chi connectivity index (χ1v) is 10.3. The van der Waals surface area contributed by atoms with E-state index in [0.29, 0.717) is 6.54 Å². The van der Waals surface area contributed by atoms with E-state index in [0.717, 1.165) is 54.1 Å². The van der Waals surface area contributed by atoms with Gasteiger partial charge >= 0.3 is 0 Å². The highest BCUT2D eigenvalue weighted by molar-refractivity contribution is 8.09. The number of anilines is 2. The van der Waals surface area contributed by atoms with E-state index >= 15 is 0 Å². The average Bonchev–Trinajstić information content (AvgIpc) is 3.17. The molecule has 148 valence electrons. The highest BCUT2D eigenvalue weighted by Crippen LogP contribution is 2.34. The van der Waals surface area contributed by atoms with Crippen molar-refractivity contribution in [1.29, 1.82) is 0 Å². The fraction of sp³-hybridized carbons (Fsp3) is 0.421. The Morgan fingerprint density at radius 3 is 2.89 bits per heavy atom. The molecule has 0 aromatic carbocycles. The molecule has 2 aliphatic heterocycles. The maximum atomic E-state index is 12.5. The van der Waals surface area contributed by atoms with Gasteiger partial charge in [0.05, 0.1) is 0 Å². The molecule has 2 aromatic rings. The van der Waals surface area contributed by atoms with Crippen molar-refractivity contribution in [3.05, 3.63) is 48.2 Å². The Bertz CT molecular complexity index is 824. The van der Waals surface area contributed by atoms with E-state index in [9.17, 15) is 4.39 Å². The molecule has 1 saturated heterocycles. The van der Waals surface area contributed by atoms with E-state index < -0.39 is 0 Å². The summed E-state index contributed by atoms with van der Waals surface area (Å²) in [4.78, 5) is 18.8. The summed E-state index contributed by atoms with van der Waals surface area (Å²) in [7, 11) is 0. The zero-order valence-electron chi connectivity index (χ0n) is 15.8. The molecule has 28 heavy (non-hydrogen) atoms. The van der Waals surface area contributed by atoms with Crippen molar-refractivity contribution in [2.75, 3.05) is 49.6 Å². The number of pyridine rings is 1. The van der Waals surface area contributed by atoms with E-state index in [2.05, 4.69) is 35.4 Å². The Kier molecular flexibility index (Phi) is 5.92. The summed E-state index contributed by atoms with van der Waals surface area (Å²) in [6.07, 6.45) is 5.63. The van der Waals surface area contributed by atoms with Gasteiger partial charge in [-0.25, -0.2) is 14.4 Å². The number of nitrogens with one attached hydrogen (secondary N) is 2. The number of thioether (sulfide) groups is 1. The lowest BCUT2D eigenvalue weighted by molar-refractivity contribution is 0.235. The Morgan fingerprint density at radius 1 is 1.29 bits per heavy atom. The van der Waals surface area contributed by atoms with E-state index in [1.165, 1.54) is 0 Å². The summed E-state index contributed by atoms with van der Waals surface area (Å²) in [5.74, 6) is 2.44. The van der Waals surface area contributed by atoms with Crippen molar-refractivity contribution in [2.45, 2.75) is 12.4 Å². The number of piperazine rings is 1. The largest absolute Gasteiger partial charge is 0.362 e. The van der Waals surface area contributed by atoms with Crippen LogP contribution < -0.4 is 15.5 Å². The molecule has 7 nitrogen and oxygen atoms in total. The molecule has 0 aliphatic carbocycles. The van der Waals surface area contributed by atoms with Crippen molar-refractivity contribution in [1.82, 2.24) is 25.2 Å². The second-order valence-electron chi connectivity index (χ2n) is 6.74. The Balaban J connectivity index is 1.38. The lowest BCUT2D eigenvalue weighted by atomic mass is 10.3. The molecule has 4 heterocycles. The SMILES string of the molecule is Cc1nc(NC2NC=C(c3cccnc3)S2)cc(N2CCN(CCF)CC2)n1. The standard InChI is InChI=1S/C19H24FN7S/c1-14-23-17(11-18(24-14)27-9-7-26(6-4-20)8-10-27)25-19-22-13-16(28-19)15-3-2-5-21-12-15/h2-3,5,11-13,19,22H,4,6-10H2,1H3,(H,23,24,25). The predicted molar refractivity (Wildman–Crippen MR) is 112 cm³/mol. The fourth-order valence-electron chi connectivity index (χ4n) is 3.32. The van der Waals surface area contributed by atoms with Crippen LogP contribution in [0, 0.1) is 6.92 Å². The third-order valence-electron chi connectivity index (χ3n) is 4.76. The predicted octanol–water partition coefficient (Wildman–Crippen LogP) is 2.30. The van der Waals surface area contributed by atoms with Crippen LogP contribution in [0.25, 0.3) is 4.91 Å². The van der Waals surface area contributed by atoms with Crippen LogP contribution in [-0.2, 0) is 0 Å². The number of aromatic nitrogens is 3. The first kappa shape index (κ1) is 18.9. The summed E-state index contributed by atoms with van der Waals surface area (Å²) < 4.78 is 12.5. The van der Waals surface area contributed by atoms with E-state index in [1.807, 2.05) is 37.5 Å². The van der Waals surface area contributed by atoms with Crippen molar-refractivity contribution in [2.24, 2.45) is 0 Å². The van der Waals surface area contributed by atoms with Crippen LogP contribution in [0.2, 0.25) is 0 Å². The zero-order chi connectivity index (χ0) is 19.3. The van der Waals surface area contributed by atoms with Gasteiger partial charge in [0.15, 0.2) is 5.50 Å². The molecule has 0 bridgehead atoms. The summed E-state index contributed by atoms with van der Waals surface area (Å²) in [6.45, 7) is 5.53. The van der Waals surface area contributed by atoms with Gasteiger partial charge in [0.25, 0.3) is 0 Å². The lowest BCUT2D eigenvalue weighted by Gasteiger charge is -2.35. The van der Waals surface area contributed by atoms with Crippen LogP contribution in [0.4, 0.5) is 16.0 Å². The van der Waals surface area contributed by atoms with Crippen LogP contribution in [0.15, 0.2) is 36.8 Å². The number of halogens is 1. The minimum Gasteiger partial charge on any atom is -0.362 e. The second kappa shape index (κ2) is 8.74.